The third kappa shape index (κ3) is 4.42. The van der Waals surface area contributed by atoms with Crippen LogP contribution in [0.3, 0.4) is 0 Å². The van der Waals surface area contributed by atoms with Gasteiger partial charge in [0.2, 0.25) is 0 Å². The Balaban J connectivity index is 1.57. The predicted octanol–water partition coefficient (Wildman–Crippen LogP) is 5.44. The Morgan fingerprint density at radius 1 is 1.16 bits per heavy atom. The average molecular weight is 474 g/mol. The summed E-state index contributed by atoms with van der Waals surface area (Å²) in [6.45, 7) is 1.08. The maximum Gasteiger partial charge on any atom is 0.339 e. The highest BCUT2D eigenvalue weighted by Gasteiger charge is 2.21. The fourth-order valence-electron chi connectivity index (χ4n) is 3.02. The molecule has 0 spiro atoms. The van der Waals surface area contributed by atoms with Crippen LogP contribution in [0.1, 0.15) is 16.1 Å². The first-order valence-corrected chi connectivity index (χ1v) is 10.0. The highest BCUT2D eigenvalue weighted by atomic mass is 35.5. The second-order valence-electron chi connectivity index (χ2n) is 6.74. The molecule has 7 nitrogen and oxygen atoms in total. The van der Waals surface area contributed by atoms with Crippen LogP contribution in [0.25, 0.3) is 22.4 Å². The van der Waals surface area contributed by atoms with E-state index in [1.54, 1.807) is 25.1 Å². The van der Waals surface area contributed by atoms with Gasteiger partial charge in [0.15, 0.2) is 6.61 Å². The Labute approximate surface area is 191 Å². The first kappa shape index (κ1) is 21.7. The number of fused-ring (bicyclic) bond motifs is 1. The Morgan fingerprint density at radius 2 is 1.91 bits per heavy atom. The lowest BCUT2D eigenvalue weighted by molar-refractivity contribution is -0.119. The van der Waals surface area contributed by atoms with Crippen molar-refractivity contribution in [1.82, 2.24) is 10.1 Å². The minimum absolute atomic E-state index is 0.113. The van der Waals surface area contributed by atoms with Gasteiger partial charge in [-0.3, -0.25) is 4.79 Å². The number of aryl methyl sites for hydroxylation is 1. The van der Waals surface area contributed by atoms with Gasteiger partial charge in [0, 0.05) is 5.56 Å². The molecule has 2 aromatic heterocycles. The van der Waals surface area contributed by atoms with Crippen molar-refractivity contribution in [2.45, 2.75) is 6.92 Å². The number of benzene rings is 2. The van der Waals surface area contributed by atoms with E-state index in [4.69, 9.17) is 32.5 Å². The predicted molar refractivity (Wildman–Crippen MR) is 117 cm³/mol. The molecule has 4 rings (SSSR count). The maximum absolute atomic E-state index is 13.3. The number of nitrogens with one attached hydrogen (secondary N) is 1. The lowest BCUT2D eigenvalue weighted by Gasteiger charge is -2.10. The number of amides is 1. The molecule has 0 bridgehead atoms. The second-order valence-corrected chi connectivity index (χ2v) is 7.52. The Morgan fingerprint density at radius 3 is 2.66 bits per heavy atom. The molecule has 0 saturated heterocycles. The zero-order valence-electron chi connectivity index (χ0n) is 16.5. The lowest BCUT2D eigenvalue weighted by atomic mass is 10.1. The minimum Gasteiger partial charge on any atom is -0.452 e. The first-order chi connectivity index (χ1) is 15.3. The summed E-state index contributed by atoms with van der Waals surface area (Å²) in [7, 11) is 0. The molecule has 0 radical (unpaired) electrons. The lowest BCUT2D eigenvalue weighted by Crippen LogP contribution is -2.21. The number of hydrogen-bond donors (Lipinski definition) is 1. The van der Waals surface area contributed by atoms with Crippen molar-refractivity contribution >= 4 is 51.9 Å². The fourth-order valence-corrected chi connectivity index (χ4v) is 3.37. The molecule has 0 aliphatic heterocycles. The number of ether oxygens (including phenoxy) is 1. The van der Waals surface area contributed by atoms with Crippen molar-refractivity contribution in [3.05, 3.63) is 75.7 Å². The molecular weight excluding hydrogens is 460 g/mol. The minimum atomic E-state index is -0.778. The van der Waals surface area contributed by atoms with E-state index in [9.17, 15) is 14.0 Å². The standard InChI is InChI=1S/C22H14Cl2FN3O4/c1-11-19-14(9-17(27-21(19)32-28-11)12-5-7-13(25)8-6-12)22(30)31-10-18(29)26-16-4-2-3-15(23)20(16)24/h2-9H,10H2,1H3,(H,26,29). The molecule has 0 saturated carbocycles. The third-order valence-corrected chi connectivity index (χ3v) is 5.36. The molecule has 2 heterocycles. The second kappa shape index (κ2) is 8.94. The van der Waals surface area contributed by atoms with E-state index in [1.807, 2.05) is 0 Å². The molecule has 0 aliphatic rings. The highest BCUT2D eigenvalue weighted by molar-refractivity contribution is 6.44. The molecule has 0 fully saturated rings. The van der Waals surface area contributed by atoms with E-state index >= 15 is 0 Å². The molecule has 1 amide bonds. The number of nitrogens with zero attached hydrogens (tertiary/aromatic N) is 2. The van der Waals surface area contributed by atoms with Crippen LogP contribution < -0.4 is 5.32 Å². The van der Waals surface area contributed by atoms with Gasteiger partial charge < -0.3 is 14.6 Å². The van der Waals surface area contributed by atoms with Crippen molar-refractivity contribution in [3.63, 3.8) is 0 Å². The van der Waals surface area contributed by atoms with Gasteiger partial charge in [-0.25, -0.2) is 14.2 Å². The van der Waals surface area contributed by atoms with E-state index in [2.05, 4.69) is 15.5 Å². The summed E-state index contributed by atoms with van der Waals surface area (Å²) >= 11 is 12.0. The molecule has 0 atom stereocenters. The topological polar surface area (TPSA) is 94.3 Å². The average Bonchev–Trinajstić information content (AvgIpc) is 3.16. The number of aromatic nitrogens is 2. The van der Waals surface area contributed by atoms with Gasteiger partial charge in [-0.2, -0.15) is 0 Å². The van der Waals surface area contributed by atoms with Crippen molar-refractivity contribution < 1.29 is 23.2 Å². The number of rotatable bonds is 5. The van der Waals surface area contributed by atoms with Crippen LogP contribution in [0.2, 0.25) is 10.0 Å². The summed E-state index contributed by atoms with van der Waals surface area (Å²) in [6.07, 6.45) is 0. The van der Waals surface area contributed by atoms with E-state index in [1.165, 1.54) is 30.3 Å². The largest absolute Gasteiger partial charge is 0.452 e. The highest BCUT2D eigenvalue weighted by Crippen LogP contribution is 2.30. The molecule has 2 aromatic carbocycles. The van der Waals surface area contributed by atoms with Crippen LogP contribution in [-0.4, -0.2) is 28.6 Å². The fraction of sp³-hybridized carbons (Fsp3) is 0.0909. The van der Waals surface area contributed by atoms with Gasteiger partial charge in [0.25, 0.3) is 11.6 Å². The van der Waals surface area contributed by atoms with E-state index in [0.29, 0.717) is 28.0 Å². The molecule has 0 unspecified atom stereocenters. The molecule has 0 aliphatic carbocycles. The monoisotopic (exact) mass is 473 g/mol. The van der Waals surface area contributed by atoms with Gasteiger partial charge in [-0.05, 0) is 49.4 Å². The number of halogens is 3. The summed E-state index contributed by atoms with van der Waals surface area (Å²) in [5.74, 6) is -1.79. The Bertz CT molecular complexity index is 1340. The molecule has 10 heteroatoms. The van der Waals surface area contributed by atoms with Gasteiger partial charge >= 0.3 is 5.97 Å². The number of anilines is 1. The number of hydrogen-bond acceptors (Lipinski definition) is 6. The molecule has 162 valence electrons. The van der Waals surface area contributed by atoms with Crippen LogP contribution in [0.5, 0.6) is 0 Å². The van der Waals surface area contributed by atoms with Crippen LogP contribution in [0.4, 0.5) is 10.1 Å². The maximum atomic E-state index is 13.3. The third-order valence-electron chi connectivity index (χ3n) is 4.54. The molecule has 4 aromatic rings. The van der Waals surface area contributed by atoms with Crippen molar-refractivity contribution in [2.75, 3.05) is 11.9 Å². The Hall–Kier alpha value is -3.49. The van der Waals surface area contributed by atoms with Crippen molar-refractivity contribution in [2.24, 2.45) is 0 Å². The molecule has 32 heavy (non-hydrogen) atoms. The van der Waals surface area contributed by atoms with Gasteiger partial charge in [0.05, 0.1) is 38.1 Å². The quantitative estimate of drug-likeness (QED) is 0.387. The zero-order valence-corrected chi connectivity index (χ0v) is 18.0. The van der Waals surface area contributed by atoms with Crippen LogP contribution in [-0.2, 0) is 9.53 Å². The van der Waals surface area contributed by atoms with Gasteiger partial charge in [0.1, 0.15) is 5.82 Å². The number of carbonyl (C=O) groups is 2. The van der Waals surface area contributed by atoms with Crippen molar-refractivity contribution in [1.29, 1.82) is 0 Å². The number of pyridine rings is 1. The van der Waals surface area contributed by atoms with Gasteiger partial charge in [-0.1, -0.05) is 34.4 Å². The SMILES string of the molecule is Cc1noc2nc(-c3ccc(F)cc3)cc(C(=O)OCC(=O)Nc3cccc(Cl)c3Cl)c12. The van der Waals surface area contributed by atoms with E-state index in [-0.39, 0.29) is 21.3 Å². The first-order valence-electron chi connectivity index (χ1n) is 9.27. The zero-order chi connectivity index (χ0) is 22.8. The Kier molecular flexibility index (Phi) is 6.07. The van der Waals surface area contributed by atoms with Crippen LogP contribution in [0.15, 0.2) is 53.1 Å². The number of carbonyl (C=O) groups excluding carboxylic acids is 2. The van der Waals surface area contributed by atoms with Crippen molar-refractivity contribution in [3.8, 4) is 11.3 Å². The van der Waals surface area contributed by atoms with E-state index < -0.39 is 24.3 Å². The molecule has 1 N–H and O–H groups in total. The summed E-state index contributed by atoms with van der Waals surface area (Å²) in [5, 5.41) is 7.19. The summed E-state index contributed by atoms with van der Waals surface area (Å²) in [4.78, 5) is 29.4. The molecular formula is C22H14Cl2FN3O4. The van der Waals surface area contributed by atoms with Gasteiger partial charge in [-0.15, -0.1) is 0 Å². The smallest absolute Gasteiger partial charge is 0.339 e. The number of esters is 1. The normalized spacial score (nSPS) is 10.9. The van der Waals surface area contributed by atoms with E-state index in [0.717, 1.165) is 0 Å². The summed E-state index contributed by atoms with van der Waals surface area (Å²) in [6, 6.07) is 11.8. The summed E-state index contributed by atoms with van der Waals surface area (Å²) < 4.78 is 23.7. The van der Waals surface area contributed by atoms with Crippen LogP contribution in [0, 0.1) is 12.7 Å². The summed E-state index contributed by atoms with van der Waals surface area (Å²) in [5.41, 5.74) is 1.87. The van der Waals surface area contributed by atoms with Crippen LogP contribution >= 0.6 is 23.2 Å².